The number of hydrogen-bond acceptors (Lipinski definition) is 4. The molecule has 1 aromatic carbocycles. The Labute approximate surface area is 126 Å². The minimum absolute atomic E-state index is 0.0174. The van der Waals surface area contributed by atoms with Crippen LogP contribution in [-0.2, 0) is 18.8 Å². The second-order valence-electron chi connectivity index (χ2n) is 4.67. The first-order valence-corrected chi connectivity index (χ1v) is 8.44. The van der Waals surface area contributed by atoms with Gasteiger partial charge in [-0.2, -0.15) is 11.8 Å². The van der Waals surface area contributed by atoms with Crippen LogP contribution in [0.2, 0.25) is 0 Å². The molecule has 20 heavy (non-hydrogen) atoms. The number of benzene rings is 1. The summed E-state index contributed by atoms with van der Waals surface area (Å²) in [5.74, 6) is 2.12. The van der Waals surface area contributed by atoms with Crippen molar-refractivity contribution in [1.29, 1.82) is 0 Å². The number of amides is 1. The van der Waals surface area contributed by atoms with E-state index in [2.05, 4.69) is 5.32 Å². The maximum atomic E-state index is 12.2. The van der Waals surface area contributed by atoms with E-state index in [1.54, 1.807) is 11.3 Å². The number of rotatable bonds is 3. The summed E-state index contributed by atoms with van der Waals surface area (Å²) in [5.41, 5.74) is 2.91. The quantitative estimate of drug-likeness (QED) is 0.915. The topological polar surface area (TPSA) is 49.3 Å². The molecule has 0 fully saturated rings. The fourth-order valence-electron chi connectivity index (χ4n) is 2.15. The minimum atomic E-state index is -0.0499. The second kappa shape index (κ2) is 5.99. The zero-order valence-corrected chi connectivity index (χ0v) is 12.5. The van der Waals surface area contributed by atoms with Crippen molar-refractivity contribution in [2.75, 3.05) is 11.1 Å². The number of carbonyl (C=O) groups is 1. The van der Waals surface area contributed by atoms with Crippen LogP contribution in [0.4, 0.5) is 5.69 Å². The summed E-state index contributed by atoms with van der Waals surface area (Å²) in [7, 11) is 0. The van der Waals surface area contributed by atoms with Crippen LogP contribution in [0.25, 0.3) is 0 Å². The summed E-state index contributed by atoms with van der Waals surface area (Å²) < 4.78 is 0. The van der Waals surface area contributed by atoms with Crippen molar-refractivity contribution >= 4 is 34.7 Å². The number of nitrogens with one attached hydrogen (secondary N) is 1. The number of aryl methyl sites for hydroxylation is 1. The second-order valence-corrected chi connectivity index (χ2v) is 6.91. The average molecular weight is 305 g/mol. The van der Waals surface area contributed by atoms with Gasteiger partial charge in [0.25, 0.3) is 5.91 Å². The van der Waals surface area contributed by atoms with Crippen LogP contribution in [0.15, 0.2) is 30.3 Å². The molecule has 2 aromatic rings. The van der Waals surface area contributed by atoms with Crippen LogP contribution in [0.1, 0.15) is 25.7 Å². The monoisotopic (exact) mass is 305 g/mol. The zero-order valence-electron chi connectivity index (χ0n) is 10.9. The fourth-order valence-corrected chi connectivity index (χ4v) is 4.41. The first-order valence-electron chi connectivity index (χ1n) is 6.47. The molecular formula is C15H15NO2S2. The van der Waals surface area contributed by atoms with Gasteiger partial charge in [-0.1, -0.05) is 12.1 Å². The lowest BCUT2D eigenvalue weighted by atomic mass is 10.2. The highest BCUT2D eigenvalue weighted by molar-refractivity contribution is 7.98. The normalized spacial score (nSPS) is 13.8. The number of carbonyl (C=O) groups excluding carboxylic acids is 1. The lowest BCUT2D eigenvalue weighted by Crippen LogP contribution is -2.10. The van der Waals surface area contributed by atoms with Crippen molar-refractivity contribution in [3.05, 3.63) is 51.2 Å². The molecule has 0 unspecified atom stereocenters. The van der Waals surface area contributed by atoms with Gasteiger partial charge >= 0.3 is 0 Å². The van der Waals surface area contributed by atoms with Crippen LogP contribution in [0.5, 0.6) is 0 Å². The Morgan fingerprint density at radius 2 is 2.10 bits per heavy atom. The highest BCUT2D eigenvalue weighted by Crippen LogP contribution is 2.32. The predicted octanol–water partition coefficient (Wildman–Crippen LogP) is 3.28. The van der Waals surface area contributed by atoms with E-state index >= 15 is 0 Å². The fraction of sp³-hybridized carbons (Fsp3) is 0.267. The highest BCUT2D eigenvalue weighted by atomic mass is 32.2. The maximum absolute atomic E-state index is 12.2. The van der Waals surface area contributed by atoms with E-state index in [-0.39, 0.29) is 12.5 Å². The Hall–Kier alpha value is -1.30. The summed E-state index contributed by atoms with van der Waals surface area (Å²) in [6.07, 6.45) is 1.07. The largest absolute Gasteiger partial charge is 0.392 e. The lowest BCUT2D eigenvalue weighted by Gasteiger charge is -2.08. The smallest absolute Gasteiger partial charge is 0.265 e. The summed E-state index contributed by atoms with van der Waals surface area (Å²) >= 11 is 3.53. The third-order valence-corrected chi connectivity index (χ3v) is 5.49. The van der Waals surface area contributed by atoms with Crippen LogP contribution >= 0.6 is 23.1 Å². The summed E-state index contributed by atoms with van der Waals surface area (Å²) in [6.45, 7) is 0.0174. The van der Waals surface area contributed by atoms with Crippen LogP contribution < -0.4 is 5.32 Å². The molecule has 0 spiro atoms. The first kappa shape index (κ1) is 13.7. The molecule has 1 aliphatic rings. The molecule has 0 saturated carbocycles. The van der Waals surface area contributed by atoms with Gasteiger partial charge in [-0.15, -0.1) is 11.3 Å². The molecule has 0 bridgehead atoms. The van der Waals surface area contributed by atoms with Crippen molar-refractivity contribution in [1.82, 2.24) is 0 Å². The molecule has 104 valence electrons. The van der Waals surface area contributed by atoms with Gasteiger partial charge in [0.05, 0.1) is 11.5 Å². The Bertz CT molecular complexity index is 596. The van der Waals surface area contributed by atoms with Crippen molar-refractivity contribution in [3.63, 3.8) is 0 Å². The first-order chi connectivity index (χ1) is 9.76. The number of fused-ring (bicyclic) bond motifs is 1. The van der Waals surface area contributed by atoms with Crippen LogP contribution in [-0.4, -0.2) is 16.8 Å². The molecule has 2 N–H and O–H groups in total. The van der Waals surface area contributed by atoms with Gasteiger partial charge in [0, 0.05) is 16.3 Å². The summed E-state index contributed by atoms with van der Waals surface area (Å²) in [5, 5.41) is 11.9. The van der Waals surface area contributed by atoms with E-state index in [1.165, 1.54) is 10.4 Å². The highest BCUT2D eigenvalue weighted by Gasteiger charge is 2.17. The standard InChI is InChI=1S/C15H15NO2S2/c17-8-10-1-3-12(4-2-10)16-15(18)14-7-11-9-19-6-5-13(11)20-14/h1-4,7,17H,5-6,8-9H2,(H,16,18). The molecule has 2 heterocycles. The Kier molecular flexibility index (Phi) is 4.10. The van der Waals surface area contributed by atoms with Gasteiger partial charge < -0.3 is 10.4 Å². The molecular weight excluding hydrogens is 290 g/mol. The van der Waals surface area contributed by atoms with Gasteiger partial charge in [-0.25, -0.2) is 0 Å². The Morgan fingerprint density at radius 1 is 1.30 bits per heavy atom. The van der Waals surface area contributed by atoms with E-state index in [0.717, 1.165) is 34.1 Å². The average Bonchev–Trinajstić information content (AvgIpc) is 2.92. The third-order valence-electron chi connectivity index (χ3n) is 3.25. The van der Waals surface area contributed by atoms with E-state index in [4.69, 9.17) is 5.11 Å². The SMILES string of the molecule is O=C(Nc1ccc(CO)cc1)c1cc2c(s1)CCSC2. The lowest BCUT2D eigenvalue weighted by molar-refractivity contribution is 0.103. The Balaban J connectivity index is 1.73. The van der Waals surface area contributed by atoms with Gasteiger partial charge in [-0.3, -0.25) is 4.79 Å². The van der Waals surface area contributed by atoms with E-state index in [0.29, 0.717) is 0 Å². The molecule has 0 radical (unpaired) electrons. The van der Waals surface area contributed by atoms with E-state index in [1.807, 2.05) is 42.1 Å². The maximum Gasteiger partial charge on any atom is 0.265 e. The van der Waals surface area contributed by atoms with Crippen molar-refractivity contribution in [3.8, 4) is 0 Å². The molecule has 0 aliphatic carbocycles. The van der Waals surface area contributed by atoms with Gasteiger partial charge in [0.2, 0.25) is 0 Å². The van der Waals surface area contributed by atoms with Gasteiger partial charge in [0.1, 0.15) is 0 Å². The molecule has 3 nitrogen and oxygen atoms in total. The van der Waals surface area contributed by atoms with E-state index < -0.39 is 0 Å². The molecule has 3 rings (SSSR count). The summed E-state index contributed by atoms with van der Waals surface area (Å²) in [4.78, 5) is 14.4. The number of thioether (sulfide) groups is 1. The minimum Gasteiger partial charge on any atom is -0.392 e. The van der Waals surface area contributed by atoms with Crippen molar-refractivity contribution in [2.45, 2.75) is 18.8 Å². The molecule has 5 heteroatoms. The van der Waals surface area contributed by atoms with Gasteiger partial charge in [-0.05, 0) is 41.5 Å². The van der Waals surface area contributed by atoms with Crippen LogP contribution in [0, 0.1) is 0 Å². The predicted molar refractivity (Wildman–Crippen MR) is 84.5 cm³/mol. The van der Waals surface area contributed by atoms with Gasteiger partial charge in [0.15, 0.2) is 0 Å². The number of anilines is 1. The van der Waals surface area contributed by atoms with E-state index in [9.17, 15) is 4.79 Å². The number of aliphatic hydroxyl groups excluding tert-OH is 1. The third kappa shape index (κ3) is 2.90. The van der Waals surface area contributed by atoms with Crippen molar-refractivity contribution < 1.29 is 9.90 Å². The van der Waals surface area contributed by atoms with Crippen molar-refractivity contribution in [2.24, 2.45) is 0 Å². The number of aliphatic hydroxyl groups is 1. The molecule has 1 aromatic heterocycles. The van der Waals surface area contributed by atoms with Crippen LogP contribution in [0.3, 0.4) is 0 Å². The number of thiophene rings is 1. The zero-order chi connectivity index (χ0) is 13.9. The summed E-state index contributed by atoms with van der Waals surface area (Å²) in [6, 6.07) is 9.26. The Morgan fingerprint density at radius 3 is 2.80 bits per heavy atom. The molecule has 1 aliphatic heterocycles. The molecule has 0 atom stereocenters. The molecule has 1 amide bonds. The number of hydrogen-bond donors (Lipinski definition) is 2. The molecule has 0 saturated heterocycles.